The summed E-state index contributed by atoms with van der Waals surface area (Å²) in [6, 6.07) is 8.52. The van der Waals surface area contributed by atoms with Crippen molar-refractivity contribution in [3.8, 4) is 0 Å². The van der Waals surface area contributed by atoms with E-state index < -0.39 is 0 Å². The highest BCUT2D eigenvalue weighted by Gasteiger charge is 2.43. The summed E-state index contributed by atoms with van der Waals surface area (Å²) in [5, 5.41) is 3.53. The zero-order valence-corrected chi connectivity index (χ0v) is 11.0. The Hall–Kier alpha value is -0.540. The van der Waals surface area contributed by atoms with Crippen molar-refractivity contribution in [1.82, 2.24) is 5.32 Å². The molecule has 1 aromatic carbocycles. The van der Waals surface area contributed by atoms with Gasteiger partial charge in [-0.2, -0.15) is 0 Å². The maximum absolute atomic E-state index is 3.63. The third kappa shape index (κ3) is 1.76. The van der Waals surface area contributed by atoms with Gasteiger partial charge in [0.2, 0.25) is 0 Å². The van der Waals surface area contributed by atoms with Gasteiger partial charge in [-0.05, 0) is 47.4 Å². The fourth-order valence-electron chi connectivity index (χ4n) is 2.94. The average Bonchev–Trinajstić information content (AvgIpc) is 2.28. The number of anilines is 1. The lowest BCUT2D eigenvalue weighted by Gasteiger charge is -2.53. The molecule has 2 aliphatic rings. The van der Waals surface area contributed by atoms with Crippen LogP contribution in [0.3, 0.4) is 0 Å². The molecule has 0 saturated carbocycles. The van der Waals surface area contributed by atoms with Crippen LogP contribution in [0.1, 0.15) is 12.8 Å². The van der Waals surface area contributed by atoms with Gasteiger partial charge in [0.1, 0.15) is 0 Å². The van der Waals surface area contributed by atoms with E-state index in [1.165, 1.54) is 49.2 Å². The second kappa shape index (κ2) is 4.04. The van der Waals surface area contributed by atoms with Crippen LogP contribution in [0.15, 0.2) is 28.7 Å². The number of nitrogens with one attached hydrogen (secondary N) is 1. The summed E-state index contributed by atoms with van der Waals surface area (Å²) in [7, 11) is 0. The van der Waals surface area contributed by atoms with Gasteiger partial charge in [-0.1, -0.05) is 12.1 Å². The Kier molecular flexibility index (Phi) is 2.68. The number of nitrogens with zero attached hydrogens (tertiary/aromatic N) is 1. The number of hydrogen-bond acceptors (Lipinski definition) is 2. The summed E-state index contributed by atoms with van der Waals surface area (Å²) in [5.41, 5.74) is 1.91. The molecule has 3 rings (SSSR count). The Morgan fingerprint density at radius 1 is 1.25 bits per heavy atom. The summed E-state index contributed by atoms with van der Waals surface area (Å²) < 4.78 is 1.22. The summed E-state index contributed by atoms with van der Waals surface area (Å²) >= 11 is 3.63. The number of para-hydroxylation sites is 1. The molecule has 86 valence electrons. The molecule has 1 aromatic rings. The molecule has 0 aromatic heterocycles. The number of hydrogen-bond donors (Lipinski definition) is 1. The van der Waals surface area contributed by atoms with E-state index in [1.807, 2.05) is 0 Å². The molecular formula is C13H17BrN2. The summed E-state index contributed by atoms with van der Waals surface area (Å²) in [5.74, 6) is 0. The van der Waals surface area contributed by atoms with Crippen LogP contribution in [0.5, 0.6) is 0 Å². The maximum atomic E-state index is 3.63. The molecule has 0 atom stereocenters. The first-order chi connectivity index (χ1) is 7.79. The maximum Gasteiger partial charge on any atom is 0.0511 e. The van der Waals surface area contributed by atoms with Gasteiger partial charge in [-0.3, -0.25) is 0 Å². The molecule has 3 heteroatoms. The van der Waals surface area contributed by atoms with Gasteiger partial charge in [0, 0.05) is 29.5 Å². The van der Waals surface area contributed by atoms with Crippen LogP contribution in [-0.4, -0.2) is 26.2 Å². The van der Waals surface area contributed by atoms with Gasteiger partial charge in [-0.15, -0.1) is 0 Å². The average molecular weight is 281 g/mol. The number of halogens is 1. The predicted molar refractivity (Wildman–Crippen MR) is 70.9 cm³/mol. The van der Waals surface area contributed by atoms with Crippen molar-refractivity contribution in [1.29, 1.82) is 0 Å². The van der Waals surface area contributed by atoms with Crippen molar-refractivity contribution in [2.24, 2.45) is 5.41 Å². The zero-order valence-electron chi connectivity index (χ0n) is 9.38. The lowest BCUT2D eigenvalue weighted by atomic mass is 9.74. The van der Waals surface area contributed by atoms with Crippen LogP contribution in [-0.2, 0) is 0 Å². The van der Waals surface area contributed by atoms with Crippen molar-refractivity contribution in [2.75, 3.05) is 31.1 Å². The van der Waals surface area contributed by atoms with Crippen LogP contribution >= 0.6 is 15.9 Å². The Balaban J connectivity index is 1.71. The van der Waals surface area contributed by atoms with Gasteiger partial charge in [0.05, 0.1) is 5.69 Å². The molecule has 2 aliphatic heterocycles. The van der Waals surface area contributed by atoms with Crippen LogP contribution in [0, 0.1) is 5.41 Å². The van der Waals surface area contributed by atoms with E-state index in [0.29, 0.717) is 5.41 Å². The van der Waals surface area contributed by atoms with Crippen molar-refractivity contribution in [3.63, 3.8) is 0 Å². The van der Waals surface area contributed by atoms with E-state index in [-0.39, 0.29) is 0 Å². The molecule has 2 saturated heterocycles. The van der Waals surface area contributed by atoms with Crippen molar-refractivity contribution >= 4 is 21.6 Å². The third-order valence-corrected chi connectivity index (χ3v) is 4.48. The predicted octanol–water partition coefficient (Wildman–Crippen LogP) is 2.64. The zero-order chi connectivity index (χ0) is 11.0. The Labute approximate surface area is 105 Å². The lowest BCUT2D eigenvalue weighted by Crippen LogP contribution is -2.62. The highest BCUT2D eigenvalue weighted by Crippen LogP contribution is 2.41. The molecule has 0 bridgehead atoms. The minimum Gasteiger partial charge on any atom is -0.369 e. The normalized spacial score (nSPS) is 23.2. The minimum atomic E-state index is 0.563. The van der Waals surface area contributed by atoms with Crippen LogP contribution in [0.2, 0.25) is 0 Å². The molecule has 16 heavy (non-hydrogen) atoms. The molecule has 2 nitrogen and oxygen atoms in total. The first kappa shape index (κ1) is 10.6. The molecule has 0 unspecified atom stereocenters. The number of piperidine rings is 1. The van der Waals surface area contributed by atoms with E-state index >= 15 is 0 Å². The number of benzene rings is 1. The fraction of sp³-hybridized carbons (Fsp3) is 0.538. The van der Waals surface area contributed by atoms with Gasteiger partial charge in [0.25, 0.3) is 0 Å². The Bertz CT molecular complexity index is 377. The second-order valence-corrected chi connectivity index (χ2v) is 5.94. The monoisotopic (exact) mass is 280 g/mol. The summed E-state index contributed by atoms with van der Waals surface area (Å²) in [4.78, 5) is 2.48. The molecule has 0 radical (unpaired) electrons. The Morgan fingerprint density at radius 2 is 2.06 bits per heavy atom. The van der Waals surface area contributed by atoms with Gasteiger partial charge >= 0.3 is 0 Å². The first-order valence-corrected chi connectivity index (χ1v) is 6.79. The first-order valence-electron chi connectivity index (χ1n) is 5.99. The van der Waals surface area contributed by atoms with E-state index in [2.05, 4.69) is 50.4 Å². The van der Waals surface area contributed by atoms with E-state index in [1.54, 1.807) is 0 Å². The van der Waals surface area contributed by atoms with Crippen LogP contribution < -0.4 is 10.2 Å². The highest BCUT2D eigenvalue weighted by molar-refractivity contribution is 9.10. The van der Waals surface area contributed by atoms with Crippen LogP contribution in [0.25, 0.3) is 0 Å². The Morgan fingerprint density at radius 3 is 2.75 bits per heavy atom. The molecule has 1 N–H and O–H groups in total. The smallest absolute Gasteiger partial charge is 0.0511 e. The highest BCUT2D eigenvalue weighted by atomic mass is 79.9. The topological polar surface area (TPSA) is 15.3 Å². The molecule has 1 spiro atoms. The summed E-state index contributed by atoms with van der Waals surface area (Å²) in [6.45, 7) is 4.83. The minimum absolute atomic E-state index is 0.563. The molecular weight excluding hydrogens is 264 g/mol. The third-order valence-electron chi connectivity index (χ3n) is 3.81. The van der Waals surface area contributed by atoms with Crippen molar-refractivity contribution < 1.29 is 0 Å². The van der Waals surface area contributed by atoms with Gasteiger partial charge in [0.15, 0.2) is 0 Å². The largest absolute Gasteiger partial charge is 0.369 e. The van der Waals surface area contributed by atoms with E-state index in [4.69, 9.17) is 0 Å². The lowest BCUT2D eigenvalue weighted by molar-refractivity contribution is 0.156. The molecule has 2 heterocycles. The molecule has 0 amide bonds. The van der Waals surface area contributed by atoms with Gasteiger partial charge in [-0.25, -0.2) is 0 Å². The van der Waals surface area contributed by atoms with Crippen molar-refractivity contribution in [3.05, 3.63) is 28.7 Å². The quantitative estimate of drug-likeness (QED) is 0.851. The number of rotatable bonds is 1. The fourth-order valence-corrected chi connectivity index (χ4v) is 3.48. The van der Waals surface area contributed by atoms with E-state index in [0.717, 1.165) is 0 Å². The summed E-state index contributed by atoms with van der Waals surface area (Å²) in [6.07, 6.45) is 2.73. The van der Waals surface area contributed by atoms with Gasteiger partial charge < -0.3 is 10.2 Å². The van der Waals surface area contributed by atoms with E-state index in [9.17, 15) is 0 Å². The molecule has 0 aliphatic carbocycles. The second-order valence-electron chi connectivity index (χ2n) is 5.09. The SMILES string of the molecule is Brc1ccccc1N1CC2(CCCNC2)C1. The molecule has 2 fully saturated rings. The van der Waals surface area contributed by atoms with Crippen molar-refractivity contribution in [2.45, 2.75) is 12.8 Å². The standard InChI is InChI=1S/C13H17BrN2/c14-11-4-1-2-5-12(11)16-9-13(10-16)6-3-7-15-8-13/h1-2,4-5,15H,3,6-10H2. The van der Waals surface area contributed by atoms with Crippen LogP contribution in [0.4, 0.5) is 5.69 Å².